The predicted octanol–water partition coefficient (Wildman–Crippen LogP) is 10.1. The third-order valence-electron chi connectivity index (χ3n) is 8.98. The van der Waals surface area contributed by atoms with E-state index >= 15 is 0 Å². The largest absolute Gasteiger partial charge is 0.399 e. The van der Waals surface area contributed by atoms with Gasteiger partial charge in [-0.25, -0.2) is 0 Å². The molecule has 0 amide bonds. The minimum absolute atomic E-state index is 0.725. The van der Waals surface area contributed by atoms with Gasteiger partial charge in [-0.2, -0.15) is 0 Å². The Morgan fingerprint density at radius 2 is 0.435 bits per heavy atom. The summed E-state index contributed by atoms with van der Waals surface area (Å²) in [6, 6.07) is 50.3. The van der Waals surface area contributed by atoms with Gasteiger partial charge in [0.2, 0.25) is 0 Å². The molecule has 0 aliphatic carbocycles. The third-order valence-corrected chi connectivity index (χ3v) is 8.98. The van der Waals surface area contributed by atoms with Crippen LogP contribution in [0.2, 0.25) is 0 Å². The van der Waals surface area contributed by atoms with Gasteiger partial charge in [0.05, 0.1) is 0 Å². The van der Waals surface area contributed by atoms with Gasteiger partial charge in [-0.3, -0.25) is 0 Å². The monoisotopic (exact) mass is 592 g/mol. The molecule has 0 aliphatic rings. The summed E-state index contributed by atoms with van der Waals surface area (Å²) in [7, 11) is 0. The molecule has 0 atom stereocenters. The fourth-order valence-corrected chi connectivity index (χ4v) is 6.93. The van der Waals surface area contributed by atoms with Gasteiger partial charge in [0.1, 0.15) is 0 Å². The molecule has 0 radical (unpaired) electrons. The van der Waals surface area contributed by atoms with E-state index < -0.39 is 0 Å². The second kappa shape index (κ2) is 10.7. The molecule has 0 heterocycles. The fraction of sp³-hybridized carbons (Fsp3) is 0. The SMILES string of the molecule is Nc1ccc(-c2c3ccccc3c(-c3ccc(N)cc3)c3c(-c4ccc(N)cc4)c4ccccc4c(-c4ccc(N)cc4)c23)cc1. The molecule has 8 aromatic carbocycles. The minimum Gasteiger partial charge on any atom is -0.399 e. The van der Waals surface area contributed by atoms with Crippen molar-refractivity contribution >= 4 is 55.1 Å². The molecule has 4 nitrogen and oxygen atoms in total. The number of nitrogen functional groups attached to an aromatic ring is 4. The van der Waals surface area contributed by atoms with E-state index in [2.05, 4.69) is 97.1 Å². The highest BCUT2D eigenvalue weighted by Crippen LogP contribution is 2.53. The predicted molar refractivity (Wildman–Crippen MR) is 198 cm³/mol. The molecule has 0 fully saturated rings. The lowest BCUT2D eigenvalue weighted by molar-refractivity contribution is 1.62. The van der Waals surface area contributed by atoms with Crippen molar-refractivity contribution < 1.29 is 0 Å². The maximum absolute atomic E-state index is 6.23. The van der Waals surface area contributed by atoms with E-state index in [-0.39, 0.29) is 0 Å². The Morgan fingerprint density at radius 1 is 0.239 bits per heavy atom. The van der Waals surface area contributed by atoms with Crippen LogP contribution in [-0.4, -0.2) is 0 Å². The molecule has 8 N–H and O–H groups in total. The first-order valence-electron chi connectivity index (χ1n) is 15.3. The Balaban J connectivity index is 1.74. The molecule has 0 saturated heterocycles. The second-order valence-corrected chi connectivity index (χ2v) is 11.8. The number of benzene rings is 8. The molecule has 0 spiro atoms. The van der Waals surface area contributed by atoms with Crippen molar-refractivity contribution in [1.82, 2.24) is 0 Å². The molecule has 0 unspecified atom stereocenters. The van der Waals surface area contributed by atoms with Gasteiger partial charge in [-0.15, -0.1) is 0 Å². The van der Waals surface area contributed by atoms with E-state index in [9.17, 15) is 0 Å². The van der Waals surface area contributed by atoms with Crippen LogP contribution in [0.15, 0.2) is 146 Å². The molecule has 8 aromatic rings. The smallest absolute Gasteiger partial charge is 0.0314 e. The summed E-state index contributed by atoms with van der Waals surface area (Å²) in [6.07, 6.45) is 0. The molecule has 0 bridgehead atoms. The first-order chi connectivity index (χ1) is 22.5. The normalized spacial score (nSPS) is 11.4. The number of hydrogen-bond acceptors (Lipinski definition) is 4. The Hall–Kier alpha value is -6.26. The Kier molecular flexibility index (Phi) is 6.36. The van der Waals surface area contributed by atoms with E-state index in [1.165, 1.54) is 0 Å². The average Bonchev–Trinajstić information content (AvgIpc) is 3.08. The maximum Gasteiger partial charge on any atom is 0.0314 e. The van der Waals surface area contributed by atoms with Gasteiger partial charge in [-0.05, 0) is 125 Å². The zero-order valence-corrected chi connectivity index (χ0v) is 25.2. The van der Waals surface area contributed by atoms with Crippen LogP contribution in [0, 0.1) is 0 Å². The van der Waals surface area contributed by atoms with Crippen molar-refractivity contribution in [3.63, 3.8) is 0 Å². The second-order valence-electron chi connectivity index (χ2n) is 11.8. The van der Waals surface area contributed by atoms with Gasteiger partial charge in [0.15, 0.2) is 0 Å². The number of nitrogens with two attached hydrogens (primary N) is 4. The topological polar surface area (TPSA) is 104 Å². The van der Waals surface area contributed by atoms with Gasteiger partial charge >= 0.3 is 0 Å². The van der Waals surface area contributed by atoms with Crippen molar-refractivity contribution in [1.29, 1.82) is 0 Å². The zero-order valence-electron chi connectivity index (χ0n) is 25.2. The van der Waals surface area contributed by atoms with E-state index in [1.54, 1.807) is 0 Å². The summed E-state index contributed by atoms with van der Waals surface area (Å²) in [5.74, 6) is 0. The average molecular weight is 593 g/mol. The molecule has 220 valence electrons. The third kappa shape index (κ3) is 4.39. The highest BCUT2D eigenvalue weighted by Gasteiger charge is 2.25. The van der Waals surface area contributed by atoms with Crippen molar-refractivity contribution in [2.45, 2.75) is 0 Å². The molecule has 8 rings (SSSR count). The van der Waals surface area contributed by atoms with Crippen LogP contribution < -0.4 is 22.9 Å². The van der Waals surface area contributed by atoms with Crippen LogP contribution >= 0.6 is 0 Å². The van der Waals surface area contributed by atoms with Crippen molar-refractivity contribution in [3.05, 3.63) is 146 Å². The van der Waals surface area contributed by atoms with Crippen LogP contribution in [-0.2, 0) is 0 Å². The van der Waals surface area contributed by atoms with E-state index in [0.29, 0.717) is 0 Å². The van der Waals surface area contributed by atoms with Gasteiger partial charge in [0.25, 0.3) is 0 Å². The summed E-state index contributed by atoms with van der Waals surface area (Å²) >= 11 is 0. The molecule has 4 heteroatoms. The highest BCUT2D eigenvalue weighted by atomic mass is 14.5. The number of rotatable bonds is 4. The van der Waals surface area contributed by atoms with Crippen LogP contribution in [0.25, 0.3) is 76.8 Å². The standard InChI is InChI=1S/C42H32N4/c43-29-17-9-25(10-18-29)37-33-5-1-2-6-34(33)38(26-11-19-30(44)20-12-26)42-40(28-15-23-32(46)24-16-28)36-8-4-3-7-35(36)39(41(37)42)27-13-21-31(45)22-14-27/h1-24H,43-46H2. The quantitative estimate of drug-likeness (QED) is 0.121. The van der Waals surface area contributed by atoms with Gasteiger partial charge in [0, 0.05) is 22.7 Å². The summed E-state index contributed by atoms with van der Waals surface area (Å²) < 4.78 is 0. The lowest BCUT2D eigenvalue weighted by atomic mass is 9.77. The molecular weight excluding hydrogens is 560 g/mol. The van der Waals surface area contributed by atoms with E-state index in [1.807, 2.05) is 48.5 Å². The molecule has 0 aliphatic heterocycles. The fourth-order valence-electron chi connectivity index (χ4n) is 6.93. The molecule has 0 saturated carbocycles. The Labute approximate surface area is 267 Å². The first-order valence-corrected chi connectivity index (χ1v) is 15.3. The van der Waals surface area contributed by atoms with Gasteiger partial charge in [-0.1, -0.05) is 97.1 Å². The van der Waals surface area contributed by atoms with Crippen LogP contribution in [0.1, 0.15) is 0 Å². The van der Waals surface area contributed by atoms with Crippen molar-refractivity contribution in [2.24, 2.45) is 0 Å². The molecule has 46 heavy (non-hydrogen) atoms. The van der Waals surface area contributed by atoms with Crippen LogP contribution in [0.4, 0.5) is 22.7 Å². The first kappa shape index (κ1) is 27.3. The Bertz CT molecular complexity index is 2070. The summed E-state index contributed by atoms with van der Waals surface area (Å²) in [6.45, 7) is 0. The van der Waals surface area contributed by atoms with E-state index in [4.69, 9.17) is 22.9 Å². The van der Waals surface area contributed by atoms with Crippen molar-refractivity contribution in [2.75, 3.05) is 22.9 Å². The summed E-state index contributed by atoms with van der Waals surface area (Å²) in [5, 5.41) is 6.93. The number of hydrogen-bond donors (Lipinski definition) is 4. The number of fused-ring (bicyclic) bond motifs is 3. The highest BCUT2D eigenvalue weighted by molar-refractivity contribution is 6.33. The van der Waals surface area contributed by atoms with E-state index in [0.717, 1.165) is 99.6 Å². The van der Waals surface area contributed by atoms with Crippen molar-refractivity contribution in [3.8, 4) is 44.5 Å². The molecular formula is C42H32N4. The summed E-state index contributed by atoms with van der Waals surface area (Å²) in [5.41, 5.74) is 36.8. The summed E-state index contributed by atoms with van der Waals surface area (Å²) in [4.78, 5) is 0. The zero-order chi connectivity index (χ0) is 31.4. The minimum atomic E-state index is 0.725. The maximum atomic E-state index is 6.23. The van der Waals surface area contributed by atoms with Gasteiger partial charge < -0.3 is 22.9 Å². The lowest BCUT2D eigenvalue weighted by Gasteiger charge is -2.25. The Morgan fingerprint density at radius 3 is 0.630 bits per heavy atom. The van der Waals surface area contributed by atoms with Crippen LogP contribution in [0.5, 0.6) is 0 Å². The number of anilines is 4. The van der Waals surface area contributed by atoms with Crippen LogP contribution in [0.3, 0.4) is 0 Å². The molecule has 0 aromatic heterocycles. The lowest BCUT2D eigenvalue weighted by Crippen LogP contribution is -1.98.